The van der Waals surface area contributed by atoms with Gasteiger partial charge in [0.05, 0.1) is 0 Å². The molecule has 0 saturated carbocycles. The van der Waals surface area contributed by atoms with Crippen molar-refractivity contribution >= 4 is 15.9 Å². The van der Waals surface area contributed by atoms with Gasteiger partial charge in [-0.1, -0.05) is 0 Å². The smallest absolute Gasteiger partial charge is 0.174 e. The molecule has 1 aromatic rings. The Kier molecular flexibility index (Phi) is 2.69. The van der Waals surface area contributed by atoms with Gasteiger partial charge < -0.3 is 9.88 Å². The number of aromatic nitrogens is 2. The van der Waals surface area contributed by atoms with Gasteiger partial charge in [0.1, 0.15) is 0 Å². The normalized spacial score (nSPS) is 24.9. The maximum atomic E-state index is 4.16. The van der Waals surface area contributed by atoms with E-state index in [0.717, 1.165) is 11.3 Å². The Bertz CT molecular complexity index is 284. The lowest BCUT2D eigenvalue weighted by molar-refractivity contribution is 0.248. The summed E-state index contributed by atoms with van der Waals surface area (Å²) in [4.78, 5) is 9.78. The van der Waals surface area contributed by atoms with Crippen LogP contribution in [-0.4, -0.2) is 35.0 Å². The van der Waals surface area contributed by atoms with Crippen LogP contribution in [-0.2, 0) is 0 Å². The van der Waals surface area contributed by atoms with Crippen molar-refractivity contribution in [1.82, 2.24) is 14.9 Å². The third-order valence-corrected chi connectivity index (χ3v) is 3.03. The highest BCUT2D eigenvalue weighted by molar-refractivity contribution is 9.10. The van der Waals surface area contributed by atoms with Crippen LogP contribution in [0.25, 0.3) is 0 Å². The fourth-order valence-electron chi connectivity index (χ4n) is 1.94. The molecule has 13 heavy (non-hydrogen) atoms. The van der Waals surface area contributed by atoms with Crippen molar-refractivity contribution < 1.29 is 0 Å². The molecule has 3 nitrogen and oxygen atoms in total. The van der Waals surface area contributed by atoms with Crippen molar-refractivity contribution in [2.75, 3.05) is 20.1 Å². The molecule has 0 spiro atoms. The molecule has 1 aromatic heterocycles. The van der Waals surface area contributed by atoms with E-state index >= 15 is 0 Å². The van der Waals surface area contributed by atoms with E-state index in [9.17, 15) is 0 Å². The minimum atomic E-state index is 0.637. The maximum Gasteiger partial charge on any atom is 0.174 e. The third kappa shape index (κ3) is 2.11. The molecule has 1 atom stereocenters. The number of imidazole rings is 1. The van der Waals surface area contributed by atoms with E-state index in [-0.39, 0.29) is 0 Å². The van der Waals surface area contributed by atoms with Crippen LogP contribution >= 0.6 is 15.9 Å². The standard InChI is InChI=1S/C9H14BrN3/c1-13-4-2-3-7(6-13)8-5-11-9(10)12-8/h5,7H,2-4,6H2,1H3,(H,11,12). The van der Waals surface area contributed by atoms with Crippen LogP contribution in [0.3, 0.4) is 0 Å². The average molecular weight is 244 g/mol. The number of piperidine rings is 1. The number of rotatable bonds is 1. The van der Waals surface area contributed by atoms with Crippen molar-refractivity contribution in [3.05, 3.63) is 16.6 Å². The van der Waals surface area contributed by atoms with E-state index in [1.54, 1.807) is 0 Å². The van der Waals surface area contributed by atoms with E-state index in [1.165, 1.54) is 25.1 Å². The summed E-state index contributed by atoms with van der Waals surface area (Å²) in [5.74, 6) is 0.637. The van der Waals surface area contributed by atoms with Gasteiger partial charge in [-0.3, -0.25) is 0 Å². The summed E-state index contributed by atoms with van der Waals surface area (Å²) in [6.07, 6.45) is 4.50. The molecule has 0 amide bonds. The summed E-state index contributed by atoms with van der Waals surface area (Å²) < 4.78 is 0.843. The molecule has 1 N–H and O–H groups in total. The molecule has 0 radical (unpaired) electrons. The molecule has 1 aliphatic rings. The van der Waals surface area contributed by atoms with Gasteiger partial charge in [-0.2, -0.15) is 0 Å². The van der Waals surface area contributed by atoms with Crippen LogP contribution in [0, 0.1) is 0 Å². The van der Waals surface area contributed by atoms with Crippen molar-refractivity contribution in [1.29, 1.82) is 0 Å². The molecule has 1 aliphatic heterocycles. The Morgan fingerprint density at radius 1 is 1.69 bits per heavy atom. The maximum absolute atomic E-state index is 4.16. The Hall–Kier alpha value is -0.350. The first-order chi connectivity index (χ1) is 6.25. The minimum absolute atomic E-state index is 0.637. The van der Waals surface area contributed by atoms with Crippen LogP contribution in [0.4, 0.5) is 0 Å². The molecule has 1 unspecified atom stereocenters. The summed E-state index contributed by atoms with van der Waals surface area (Å²) in [6, 6.07) is 0. The predicted octanol–water partition coefficient (Wildman–Crippen LogP) is 1.98. The first-order valence-electron chi connectivity index (χ1n) is 4.64. The zero-order valence-corrected chi connectivity index (χ0v) is 9.34. The largest absolute Gasteiger partial charge is 0.336 e. The molecule has 4 heteroatoms. The van der Waals surface area contributed by atoms with Gasteiger partial charge in [0.25, 0.3) is 0 Å². The highest BCUT2D eigenvalue weighted by Crippen LogP contribution is 2.25. The molecule has 1 saturated heterocycles. The van der Waals surface area contributed by atoms with Gasteiger partial charge in [0, 0.05) is 24.4 Å². The Labute approximate surface area is 86.7 Å². The van der Waals surface area contributed by atoms with Gasteiger partial charge >= 0.3 is 0 Å². The number of nitrogens with zero attached hydrogens (tertiary/aromatic N) is 2. The molecule has 2 heterocycles. The lowest BCUT2D eigenvalue weighted by Gasteiger charge is -2.28. The number of hydrogen-bond acceptors (Lipinski definition) is 2. The minimum Gasteiger partial charge on any atom is -0.336 e. The summed E-state index contributed by atoms with van der Waals surface area (Å²) in [5, 5.41) is 0. The Morgan fingerprint density at radius 3 is 3.15 bits per heavy atom. The number of aromatic amines is 1. The van der Waals surface area contributed by atoms with Crippen molar-refractivity contribution in [3.63, 3.8) is 0 Å². The fraction of sp³-hybridized carbons (Fsp3) is 0.667. The molecule has 2 rings (SSSR count). The van der Waals surface area contributed by atoms with Crippen LogP contribution in [0.1, 0.15) is 24.5 Å². The van der Waals surface area contributed by atoms with Crippen LogP contribution in [0.15, 0.2) is 10.9 Å². The van der Waals surface area contributed by atoms with Crippen molar-refractivity contribution in [3.8, 4) is 0 Å². The average Bonchev–Trinajstić information content (AvgIpc) is 2.52. The number of H-pyrrole nitrogens is 1. The van der Waals surface area contributed by atoms with E-state index < -0.39 is 0 Å². The number of halogens is 1. The van der Waals surface area contributed by atoms with E-state index in [1.807, 2.05) is 6.20 Å². The Morgan fingerprint density at radius 2 is 2.54 bits per heavy atom. The second kappa shape index (κ2) is 3.80. The zero-order valence-electron chi connectivity index (χ0n) is 7.76. The highest BCUT2D eigenvalue weighted by Gasteiger charge is 2.20. The van der Waals surface area contributed by atoms with Gasteiger partial charge in [-0.05, 0) is 42.4 Å². The predicted molar refractivity (Wildman–Crippen MR) is 55.8 cm³/mol. The molecule has 0 aliphatic carbocycles. The number of likely N-dealkylation sites (N-methyl/N-ethyl adjacent to an activating group) is 1. The molecular weight excluding hydrogens is 230 g/mol. The number of hydrogen-bond donors (Lipinski definition) is 1. The number of nitrogens with one attached hydrogen (secondary N) is 1. The van der Waals surface area contributed by atoms with E-state index in [0.29, 0.717) is 5.92 Å². The molecular formula is C9H14BrN3. The third-order valence-electron chi connectivity index (χ3n) is 2.63. The molecule has 72 valence electrons. The lowest BCUT2D eigenvalue weighted by Crippen LogP contribution is -2.30. The van der Waals surface area contributed by atoms with Gasteiger partial charge in [-0.25, -0.2) is 4.98 Å². The molecule has 1 fully saturated rings. The van der Waals surface area contributed by atoms with Gasteiger partial charge in [0.15, 0.2) is 4.73 Å². The van der Waals surface area contributed by atoms with E-state index in [2.05, 4.69) is 37.8 Å². The summed E-state index contributed by atoms with van der Waals surface area (Å²) in [5.41, 5.74) is 1.26. The zero-order chi connectivity index (χ0) is 9.26. The summed E-state index contributed by atoms with van der Waals surface area (Å²) in [6.45, 7) is 2.38. The van der Waals surface area contributed by atoms with Gasteiger partial charge in [-0.15, -0.1) is 0 Å². The second-order valence-corrected chi connectivity index (χ2v) is 4.48. The number of likely N-dealkylation sites (tertiary alicyclic amines) is 1. The Balaban J connectivity index is 2.08. The topological polar surface area (TPSA) is 31.9 Å². The quantitative estimate of drug-likeness (QED) is 0.819. The van der Waals surface area contributed by atoms with Crippen LogP contribution < -0.4 is 0 Å². The SMILES string of the molecule is CN1CCCC(c2cnc(Br)[nH]2)C1. The highest BCUT2D eigenvalue weighted by atomic mass is 79.9. The van der Waals surface area contributed by atoms with Crippen molar-refractivity contribution in [2.45, 2.75) is 18.8 Å². The summed E-state index contributed by atoms with van der Waals surface area (Å²) in [7, 11) is 2.18. The second-order valence-electron chi connectivity index (χ2n) is 3.73. The molecule has 0 aromatic carbocycles. The summed E-state index contributed by atoms with van der Waals surface area (Å²) >= 11 is 3.33. The van der Waals surface area contributed by atoms with E-state index in [4.69, 9.17) is 0 Å². The van der Waals surface area contributed by atoms with Gasteiger partial charge in [0.2, 0.25) is 0 Å². The first kappa shape index (κ1) is 9.21. The fourth-order valence-corrected chi connectivity index (χ4v) is 2.27. The first-order valence-corrected chi connectivity index (χ1v) is 5.44. The molecule has 0 bridgehead atoms. The van der Waals surface area contributed by atoms with Crippen LogP contribution in [0.5, 0.6) is 0 Å². The lowest BCUT2D eigenvalue weighted by atomic mass is 9.96. The van der Waals surface area contributed by atoms with Crippen molar-refractivity contribution in [2.24, 2.45) is 0 Å². The van der Waals surface area contributed by atoms with Crippen LogP contribution in [0.2, 0.25) is 0 Å². The monoisotopic (exact) mass is 243 g/mol.